The van der Waals surface area contributed by atoms with Crippen molar-refractivity contribution in [1.82, 2.24) is 20.1 Å². The first kappa shape index (κ1) is 13.4. The Morgan fingerprint density at radius 1 is 1.65 bits per heavy atom. The van der Waals surface area contributed by atoms with Crippen LogP contribution in [0.3, 0.4) is 0 Å². The number of ether oxygens (including phenoxy) is 1. The van der Waals surface area contributed by atoms with Crippen LogP contribution in [0.4, 0.5) is 0 Å². The molecule has 1 amide bonds. The molecule has 1 aromatic heterocycles. The summed E-state index contributed by atoms with van der Waals surface area (Å²) in [5.74, 6) is 0.691. The summed E-state index contributed by atoms with van der Waals surface area (Å²) in [5.41, 5.74) is 0. The summed E-state index contributed by atoms with van der Waals surface area (Å²) in [6, 6.07) is 0. The van der Waals surface area contributed by atoms with E-state index in [2.05, 4.69) is 21.8 Å². The lowest BCUT2D eigenvalue weighted by Gasteiger charge is -2.18. The average molecular weight is 238 g/mol. The molecule has 6 heteroatoms. The second-order valence-corrected chi connectivity index (χ2v) is 3.49. The van der Waals surface area contributed by atoms with Crippen LogP contribution in [0.1, 0.15) is 23.4 Å². The van der Waals surface area contributed by atoms with Gasteiger partial charge in [-0.25, -0.2) is 4.98 Å². The number of nitrogens with one attached hydrogen (secondary N) is 1. The summed E-state index contributed by atoms with van der Waals surface area (Å²) in [4.78, 5) is 17.8. The molecule has 0 radical (unpaired) electrons. The van der Waals surface area contributed by atoms with Crippen LogP contribution in [0.25, 0.3) is 0 Å². The molecular weight excluding hydrogens is 220 g/mol. The molecule has 0 aliphatic carbocycles. The van der Waals surface area contributed by atoms with E-state index in [1.165, 1.54) is 0 Å². The Hall–Kier alpha value is -1.69. The average Bonchev–Trinajstić information content (AvgIpc) is 2.82. The summed E-state index contributed by atoms with van der Waals surface area (Å²) in [5, 5.41) is 6.62. The van der Waals surface area contributed by atoms with E-state index in [0.717, 1.165) is 6.42 Å². The summed E-state index contributed by atoms with van der Waals surface area (Å²) >= 11 is 0. The van der Waals surface area contributed by atoms with Gasteiger partial charge in [-0.05, 0) is 0 Å². The lowest BCUT2D eigenvalue weighted by atomic mass is 10.4. The molecule has 0 aliphatic rings. The Labute approximate surface area is 101 Å². The number of methoxy groups -OCH3 is 1. The van der Waals surface area contributed by atoms with Crippen molar-refractivity contribution in [1.29, 1.82) is 0 Å². The third kappa shape index (κ3) is 3.67. The molecule has 0 bridgehead atoms. The second-order valence-electron chi connectivity index (χ2n) is 3.49. The first-order valence-electron chi connectivity index (χ1n) is 5.53. The van der Waals surface area contributed by atoms with Gasteiger partial charge in [0.05, 0.1) is 6.61 Å². The van der Waals surface area contributed by atoms with Crippen molar-refractivity contribution in [2.75, 3.05) is 26.8 Å². The van der Waals surface area contributed by atoms with Crippen LogP contribution in [0.5, 0.6) is 0 Å². The highest BCUT2D eigenvalue weighted by molar-refractivity contribution is 5.90. The van der Waals surface area contributed by atoms with E-state index in [-0.39, 0.29) is 11.7 Å². The Kier molecular flexibility index (Phi) is 5.35. The standard InChI is InChI=1S/C11H18N4O2/c1-4-6-15(7-8-17-3)11(16)10-12-9(5-2)13-14-10/h4H,1,5-8H2,2-3H3,(H,12,13,14). The zero-order chi connectivity index (χ0) is 12.7. The fourth-order valence-corrected chi connectivity index (χ4v) is 1.32. The number of aromatic amines is 1. The van der Waals surface area contributed by atoms with Gasteiger partial charge in [-0.1, -0.05) is 13.0 Å². The number of H-pyrrole nitrogens is 1. The molecule has 0 aromatic carbocycles. The first-order chi connectivity index (χ1) is 8.22. The van der Waals surface area contributed by atoms with Crippen LogP contribution in [-0.2, 0) is 11.2 Å². The third-order valence-corrected chi connectivity index (χ3v) is 2.26. The van der Waals surface area contributed by atoms with Crippen LogP contribution >= 0.6 is 0 Å². The van der Waals surface area contributed by atoms with Crippen LogP contribution in [0.2, 0.25) is 0 Å². The number of carbonyl (C=O) groups is 1. The molecule has 1 N–H and O–H groups in total. The smallest absolute Gasteiger partial charge is 0.293 e. The van der Waals surface area contributed by atoms with Crippen molar-refractivity contribution in [3.8, 4) is 0 Å². The van der Waals surface area contributed by atoms with E-state index in [1.54, 1.807) is 18.1 Å². The van der Waals surface area contributed by atoms with E-state index in [4.69, 9.17) is 4.74 Å². The molecule has 17 heavy (non-hydrogen) atoms. The predicted octanol–water partition coefficient (Wildman–Crippen LogP) is 0.642. The van der Waals surface area contributed by atoms with Crippen molar-refractivity contribution in [3.63, 3.8) is 0 Å². The van der Waals surface area contributed by atoms with E-state index in [9.17, 15) is 4.79 Å². The van der Waals surface area contributed by atoms with Crippen LogP contribution in [-0.4, -0.2) is 52.8 Å². The lowest BCUT2D eigenvalue weighted by molar-refractivity contribution is 0.0706. The number of aromatic nitrogens is 3. The fraction of sp³-hybridized carbons (Fsp3) is 0.545. The van der Waals surface area contributed by atoms with Gasteiger partial charge in [0.15, 0.2) is 0 Å². The molecule has 0 fully saturated rings. The van der Waals surface area contributed by atoms with Crippen LogP contribution in [0.15, 0.2) is 12.7 Å². The molecule has 0 atom stereocenters. The maximum atomic E-state index is 12.0. The molecular formula is C11H18N4O2. The van der Waals surface area contributed by atoms with Gasteiger partial charge in [0.1, 0.15) is 5.82 Å². The molecule has 1 aromatic rings. The Bertz CT molecular complexity index is 375. The van der Waals surface area contributed by atoms with Gasteiger partial charge in [0.25, 0.3) is 5.91 Å². The molecule has 0 saturated heterocycles. The molecule has 94 valence electrons. The first-order valence-corrected chi connectivity index (χ1v) is 5.53. The minimum absolute atomic E-state index is 0.194. The number of nitrogens with zero attached hydrogens (tertiary/aromatic N) is 3. The normalized spacial score (nSPS) is 10.2. The third-order valence-electron chi connectivity index (χ3n) is 2.26. The maximum Gasteiger partial charge on any atom is 0.293 e. The van der Waals surface area contributed by atoms with Gasteiger partial charge in [-0.3, -0.25) is 9.89 Å². The highest BCUT2D eigenvalue weighted by Gasteiger charge is 2.18. The fourth-order valence-electron chi connectivity index (χ4n) is 1.32. The number of aryl methyl sites for hydroxylation is 1. The number of hydrogen-bond donors (Lipinski definition) is 1. The van der Waals surface area contributed by atoms with Gasteiger partial charge < -0.3 is 9.64 Å². The Morgan fingerprint density at radius 2 is 2.41 bits per heavy atom. The highest BCUT2D eigenvalue weighted by Crippen LogP contribution is 2.00. The number of amides is 1. The Morgan fingerprint density at radius 3 is 2.94 bits per heavy atom. The van der Waals surface area contributed by atoms with Crippen molar-refractivity contribution < 1.29 is 9.53 Å². The van der Waals surface area contributed by atoms with E-state index < -0.39 is 0 Å². The van der Waals surface area contributed by atoms with Crippen molar-refractivity contribution >= 4 is 5.91 Å². The number of hydrogen-bond acceptors (Lipinski definition) is 4. The molecule has 0 saturated carbocycles. The molecule has 1 rings (SSSR count). The summed E-state index contributed by atoms with van der Waals surface area (Å²) in [6.45, 7) is 7.00. The zero-order valence-electron chi connectivity index (χ0n) is 10.3. The number of carbonyl (C=O) groups excluding carboxylic acids is 1. The van der Waals surface area contributed by atoms with E-state index in [0.29, 0.717) is 25.5 Å². The highest BCUT2D eigenvalue weighted by atomic mass is 16.5. The monoisotopic (exact) mass is 238 g/mol. The lowest BCUT2D eigenvalue weighted by Crippen LogP contribution is -2.34. The van der Waals surface area contributed by atoms with Crippen LogP contribution < -0.4 is 0 Å². The quantitative estimate of drug-likeness (QED) is 0.708. The Balaban J connectivity index is 2.71. The zero-order valence-corrected chi connectivity index (χ0v) is 10.3. The van der Waals surface area contributed by atoms with Crippen LogP contribution in [0, 0.1) is 0 Å². The van der Waals surface area contributed by atoms with Crippen molar-refractivity contribution in [3.05, 3.63) is 24.3 Å². The van der Waals surface area contributed by atoms with Gasteiger partial charge in [0.2, 0.25) is 5.82 Å². The van der Waals surface area contributed by atoms with Gasteiger partial charge in [-0.15, -0.1) is 11.7 Å². The molecule has 1 heterocycles. The summed E-state index contributed by atoms with van der Waals surface area (Å²) < 4.78 is 4.95. The van der Waals surface area contributed by atoms with Crippen molar-refractivity contribution in [2.24, 2.45) is 0 Å². The van der Waals surface area contributed by atoms with Gasteiger partial charge >= 0.3 is 0 Å². The van der Waals surface area contributed by atoms with Gasteiger partial charge in [-0.2, -0.15) is 0 Å². The number of rotatable bonds is 7. The molecule has 0 aliphatic heterocycles. The van der Waals surface area contributed by atoms with E-state index >= 15 is 0 Å². The van der Waals surface area contributed by atoms with Crippen molar-refractivity contribution in [2.45, 2.75) is 13.3 Å². The molecule has 0 unspecified atom stereocenters. The molecule has 0 spiro atoms. The maximum absolute atomic E-state index is 12.0. The topological polar surface area (TPSA) is 71.1 Å². The predicted molar refractivity (Wildman–Crippen MR) is 63.7 cm³/mol. The summed E-state index contributed by atoms with van der Waals surface area (Å²) in [7, 11) is 1.60. The second kappa shape index (κ2) is 6.80. The summed E-state index contributed by atoms with van der Waals surface area (Å²) in [6.07, 6.45) is 2.39. The minimum Gasteiger partial charge on any atom is -0.383 e. The van der Waals surface area contributed by atoms with Gasteiger partial charge in [0, 0.05) is 26.6 Å². The minimum atomic E-state index is -0.210. The largest absolute Gasteiger partial charge is 0.383 e. The van der Waals surface area contributed by atoms with E-state index in [1.807, 2.05) is 6.92 Å². The molecule has 6 nitrogen and oxygen atoms in total. The SMILES string of the molecule is C=CCN(CCOC)C(=O)c1n[nH]c(CC)n1.